The highest BCUT2D eigenvalue weighted by Gasteiger charge is 2.33. The fourth-order valence-corrected chi connectivity index (χ4v) is 6.15. The van der Waals surface area contributed by atoms with E-state index in [1.54, 1.807) is 0 Å². The molecule has 0 bridgehead atoms. The molecule has 4 heteroatoms. The molecular formula is C30H40N2O2. The molecule has 3 aliphatic rings. The lowest BCUT2D eigenvalue weighted by atomic mass is 9.86. The minimum absolute atomic E-state index is 0.0157. The van der Waals surface area contributed by atoms with E-state index in [0.29, 0.717) is 18.2 Å². The first-order chi connectivity index (χ1) is 16.4. The number of amides is 1. The number of ether oxygens (including phenoxy) is 1. The van der Waals surface area contributed by atoms with E-state index in [1.165, 1.54) is 40.8 Å². The van der Waals surface area contributed by atoms with Crippen molar-refractivity contribution >= 4 is 5.91 Å². The molecule has 0 spiro atoms. The van der Waals surface area contributed by atoms with E-state index in [0.717, 1.165) is 52.0 Å². The maximum absolute atomic E-state index is 13.3. The van der Waals surface area contributed by atoms with E-state index in [1.807, 2.05) is 0 Å². The van der Waals surface area contributed by atoms with Crippen molar-refractivity contribution in [3.05, 3.63) is 64.7 Å². The summed E-state index contributed by atoms with van der Waals surface area (Å²) in [7, 11) is 0. The van der Waals surface area contributed by atoms with Crippen LogP contribution in [0.25, 0.3) is 0 Å². The summed E-state index contributed by atoms with van der Waals surface area (Å²) >= 11 is 0. The minimum Gasteiger partial charge on any atom is -0.493 e. The van der Waals surface area contributed by atoms with Crippen LogP contribution < -0.4 is 4.74 Å². The summed E-state index contributed by atoms with van der Waals surface area (Å²) in [6.45, 7) is 11.5. The zero-order valence-corrected chi connectivity index (χ0v) is 21.2. The molecule has 1 atom stereocenters. The monoisotopic (exact) mass is 460 g/mol. The molecule has 3 aliphatic heterocycles. The number of para-hydroxylation sites is 1. The molecule has 0 aromatic heterocycles. The lowest BCUT2D eigenvalue weighted by Crippen LogP contribution is -2.43. The quantitative estimate of drug-likeness (QED) is 0.569. The van der Waals surface area contributed by atoms with Crippen molar-refractivity contribution < 1.29 is 9.53 Å². The van der Waals surface area contributed by atoms with Crippen molar-refractivity contribution in [1.82, 2.24) is 9.80 Å². The van der Waals surface area contributed by atoms with Crippen LogP contribution in [0.5, 0.6) is 5.75 Å². The molecule has 2 aromatic carbocycles. The number of carbonyl (C=O) groups excluding carboxylic acids is 1. The van der Waals surface area contributed by atoms with Crippen LogP contribution in [0.15, 0.2) is 42.5 Å². The van der Waals surface area contributed by atoms with Gasteiger partial charge in [-0.25, -0.2) is 0 Å². The van der Waals surface area contributed by atoms with E-state index in [4.69, 9.17) is 4.74 Å². The van der Waals surface area contributed by atoms with Gasteiger partial charge in [-0.05, 0) is 72.4 Å². The Morgan fingerprint density at radius 3 is 2.47 bits per heavy atom. The molecular weight excluding hydrogens is 420 g/mol. The third-order valence-electron chi connectivity index (χ3n) is 7.91. The average molecular weight is 461 g/mol. The van der Waals surface area contributed by atoms with Gasteiger partial charge in [-0.2, -0.15) is 0 Å². The van der Waals surface area contributed by atoms with E-state index in [2.05, 4.69) is 73.0 Å². The molecule has 1 amide bonds. The maximum atomic E-state index is 13.3. The van der Waals surface area contributed by atoms with Gasteiger partial charge in [0.15, 0.2) is 0 Å². The molecule has 0 N–H and O–H groups in total. The molecule has 0 aliphatic carbocycles. The van der Waals surface area contributed by atoms with Crippen molar-refractivity contribution in [2.24, 2.45) is 5.41 Å². The van der Waals surface area contributed by atoms with Gasteiger partial charge in [0.2, 0.25) is 5.91 Å². The summed E-state index contributed by atoms with van der Waals surface area (Å²) in [5.74, 6) is 2.08. The smallest absolute Gasteiger partial charge is 0.223 e. The Bertz CT molecular complexity index is 1020. The molecule has 4 nitrogen and oxygen atoms in total. The van der Waals surface area contributed by atoms with Crippen molar-refractivity contribution in [3.63, 3.8) is 0 Å². The number of likely N-dealkylation sites (tertiary alicyclic amines) is 1. The number of hydrogen-bond donors (Lipinski definition) is 0. The van der Waals surface area contributed by atoms with E-state index < -0.39 is 0 Å². The predicted octanol–water partition coefficient (Wildman–Crippen LogP) is 5.75. The van der Waals surface area contributed by atoms with Gasteiger partial charge in [0.05, 0.1) is 12.6 Å². The largest absolute Gasteiger partial charge is 0.493 e. The highest BCUT2D eigenvalue weighted by atomic mass is 16.5. The number of nitrogens with zero attached hydrogens (tertiary/aromatic N) is 2. The van der Waals surface area contributed by atoms with Crippen molar-refractivity contribution in [3.8, 4) is 5.75 Å². The minimum atomic E-state index is 0.0157. The highest BCUT2D eigenvalue weighted by molar-refractivity contribution is 5.77. The fourth-order valence-electron chi connectivity index (χ4n) is 6.15. The summed E-state index contributed by atoms with van der Waals surface area (Å²) in [6.07, 6.45) is 6.02. The van der Waals surface area contributed by atoms with Gasteiger partial charge in [0.1, 0.15) is 5.75 Å². The van der Waals surface area contributed by atoms with Crippen LogP contribution in [0.1, 0.15) is 80.7 Å². The van der Waals surface area contributed by atoms with Crippen LogP contribution in [-0.4, -0.2) is 48.5 Å². The van der Waals surface area contributed by atoms with Gasteiger partial charge < -0.3 is 14.5 Å². The van der Waals surface area contributed by atoms with E-state index in [9.17, 15) is 4.79 Å². The first-order valence-electron chi connectivity index (χ1n) is 13.2. The second kappa shape index (κ2) is 9.73. The SMILES string of the molecule is CC(C)(C)CC(=O)N1CCc2ccccc2C1CCN1CCC(c2cccc3c2OCC3)CC1. The van der Waals surface area contributed by atoms with Crippen molar-refractivity contribution in [2.75, 3.05) is 32.8 Å². The van der Waals surface area contributed by atoms with Crippen LogP contribution in [0.3, 0.4) is 0 Å². The Labute approximate surface area is 205 Å². The third-order valence-corrected chi connectivity index (χ3v) is 7.91. The Morgan fingerprint density at radius 2 is 1.68 bits per heavy atom. The molecule has 182 valence electrons. The second-order valence-electron chi connectivity index (χ2n) is 11.6. The number of benzene rings is 2. The molecule has 5 rings (SSSR count). The maximum Gasteiger partial charge on any atom is 0.223 e. The molecule has 1 saturated heterocycles. The molecule has 0 saturated carbocycles. The van der Waals surface area contributed by atoms with E-state index in [-0.39, 0.29) is 11.5 Å². The molecule has 3 heterocycles. The number of fused-ring (bicyclic) bond motifs is 2. The number of carbonyl (C=O) groups is 1. The van der Waals surface area contributed by atoms with Crippen LogP contribution in [-0.2, 0) is 17.6 Å². The van der Waals surface area contributed by atoms with Gasteiger partial charge in [-0.3, -0.25) is 4.79 Å². The fraction of sp³-hybridized carbons (Fsp3) is 0.567. The van der Waals surface area contributed by atoms with Crippen LogP contribution in [0.2, 0.25) is 0 Å². The standard InChI is InChI=1S/C30H40N2O2/c1-30(2,3)21-28(33)32-19-13-22-7-4-5-9-25(22)27(32)14-18-31-16-11-23(12-17-31)26-10-6-8-24-15-20-34-29(24)26/h4-10,23,27H,11-21H2,1-3H3. The first-order valence-corrected chi connectivity index (χ1v) is 13.2. The normalized spacial score (nSPS) is 21.1. The van der Waals surface area contributed by atoms with Gasteiger partial charge in [-0.15, -0.1) is 0 Å². The summed E-state index contributed by atoms with van der Waals surface area (Å²) in [5.41, 5.74) is 5.61. The summed E-state index contributed by atoms with van der Waals surface area (Å²) in [6, 6.07) is 15.7. The first kappa shape index (κ1) is 23.4. The van der Waals surface area contributed by atoms with Crippen LogP contribution in [0, 0.1) is 5.41 Å². The van der Waals surface area contributed by atoms with Gasteiger partial charge in [-0.1, -0.05) is 63.2 Å². The van der Waals surface area contributed by atoms with Crippen molar-refractivity contribution in [2.45, 2.75) is 71.3 Å². The highest BCUT2D eigenvalue weighted by Crippen LogP contribution is 2.39. The van der Waals surface area contributed by atoms with Gasteiger partial charge >= 0.3 is 0 Å². The summed E-state index contributed by atoms with van der Waals surface area (Å²) in [5, 5.41) is 0. The van der Waals surface area contributed by atoms with E-state index >= 15 is 0 Å². The average Bonchev–Trinajstić information content (AvgIpc) is 3.31. The van der Waals surface area contributed by atoms with Crippen LogP contribution >= 0.6 is 0 Å². The molecule has 1 unspecified atom stereocenters. The zero-order chi connectivity index (χ0) is 23.7. The van der Waals surface area contributed by atoms with Crippen LogP contribution in [0.4, 0.5) is 0 Å². The Hall–Kier alpha value is -2.33. The topological polar surface area (TPSA) is 32.8 Å². The number of rotatable bonds is 5. The predicted molar refractivity (Wildman–Crippen MR) is 137 cm³/mol. The Kier molecular flexibility index (Phi) is 6.70. The lowest BCUT2D eigenvalue weighted by molar-refractivity contribution is -0.136. The number of piperidine rings is 1. The third kappa shape index (κ3) is 5.02. The molecule has 34 heavy (non-hydrogen) atoms. The molecule has 1 fully saturated rings. The lowest BCUT2D eigenvalue weighted by Gasteiger charge is -2.40. The zero-order valence-electron chi connectivity index (χ0n) is 21.2. The van der Waals surface area contributed by atoms with Gasteiger partial charge in [0, 0.05) is 25.9 Å². The second-order valence-corrected chi connectivity index (χ2v) is 11.6. The Morgan fingerprint density at radius 1 is 0.941 bits per heavy atom. The Balaban J connectivity index is 1.23. The summed E-state index contributed by atoms with van der Waals surface area (Å²) < 4.78 is 5.99. The number of hydrogen-bond acceptors (Lipinski definition) is 3. The van der Waals surface area contributed by atoms with Crippen molar-refractivity contribution in [1.29, 1.82) is 0 Å². The molecule has 2 aromatic rings. The summed E-state index contributed by atoms with van der Waals surface area (Å²) in [4.78, 5) is 18.1. The van der Waals surface area contributed by atoms with Gasteiger partial charge in [0.25, 0.3) is 0 Å². The molecule has 0 radical (unpaired) electrons.